The summed E-state index contributed by atoms with van der Waals surface area (Å²) in [4.78, 5) is 33.1. The van der Waals surface area contributed by atoms with Crippen LogP contribution in [0.4, 0.5) is 0 Å². The van der Waals surface area contributed by atoms with Gasteiger partial charge in [-0.2, -0.15) is 0 Å². The zero-order valence-electron chi connectivity index (χ0n) is 16.5. The van der Waals surface area contributed by atoms with Crippen LogP contribution in [0.15, 0.2) is 54.9 Å². The maximum Gasteiger partial charge on any atom is 0.253 e. The lowest BCUT2D eigenvalue weighted by molar-refractivity contribution is -0.140. The number of aromatic nitrogens is 1. The predicted octanol–water partition coefficient (Wildman–Crippen LogP) is 2.31. The highest BCUT2D eigenvalue weighted by Crippen LogP contribution is 2.30. The molecule has 0 unspecified atom stereocenters. The molecule has 1 aromatic carbocycles. The fourth-order valence-corrected chi connectivity index (χ4v) is 4.49. The van der Waals surface area contributed by atoms with Crippen molar-refractivity contribution in [1.29, 1.82) is 0 Å². The molecule has 0 aliphatic carbocycles. The molecule has 6 heteroatoms. The Morgan fingerprint density at radius 2 is 1.55 bits per heavy atom. The Morgan fingerprint density at radius 3 is 2.21 bits per heavy atom. The number of hydrogen-bond donors (Lipinski definition) is 1. The van der Waals surface area contributed by atoms with Gasteiger partial charge in [-0.1, -0.05) is 30.3 Å². The molecule has 2 aliphatic heterocycles. The van der Waals surface area contributed by atoms with Crippen molar-refractivity contribution in [3.63, 3.8) is 0 Å². The van der Waals surface area contributed by atoms with Gasteiger partial charge in [0, 0.05) is 56.0 Å². The van der Waals surface area contributed by atoms with Crippen LogP contribution in [0, 0.1) is 5.92 Å². The van der Waals surface area contributed by atoms with Crippen LogP contribution < -0.4 is 0 Å². The van der Waals surface area contributed by atoms with E-state index in [-0.39, 0.29) is 23.7 Å². The number of hydrogen-bond acceptors (Lipinski definition) is 4. The summed E-state index contributed by atoms with van der Waals surface area (Å²) in [5.74, 6) is 0.126. The summed E-state index contributed by atoms with van der Waals surface area (Å²) in [6.45, 7) is 2.22. The molecule has 152 valence electrons. The van der Waals surface area contributed by atoms with Crippen molar-refractivity contribution in [2.24, 2.45) is 5.92 Å². The number of carbonyl (C=O) groups is 2. The first kappa shape index (κ1) is 19.6. The van der Waals surface area contributed by atoms with Crippen molar-refractivity contribution < 1.29 is 14.7 Å². The molecule has 2 amide bonds. The molecule has 29 heavy (non-hydrogen) atoms. The fraction of sp³-hybridized carbons (Fsp3) is 0.435. The Balaban J connectivity index is 1.31. The third-order valence-electron chi connectivity index (χ3n) is 6.18. The quantitative estimate of drug-likeness (QED) is 0.869. The number of aliphatic hydroxyl groups is 1. The first-order valence-electron chi connectivity index (χ1n) is 10.3. The van der Waals surface area contributed by atoms with E-state index in [0.717, 1.165) is 12.0 Å². The van der Waals surface area contributed by atoms with Gasteiger partial charge >= 0.3 is 0 Å². The lowest BCUT2D eigenvalue weighted by atomic mass is 9.86. The molecule has 0 bridgehead atoms. The van der Waals surface area contributed by atoms with Crippen molar-refractivity contribution in [1.82, 2.24) is 14.8 Å². The Labute approximate surface area is 171 Å². The van der Waals surface area contributed by atoms with Crippen LogP contribution in [0.3, 0.4) is 0 Å². The second-order valence-corrected chi connectivity index (χ2v) is 7.96. The number of rotatable bonds is 3. The minimum absolute atomic E-state index is 0.00241. The molecule has 0 saturated carbocycles. The van der Waals surface area contributed by atoms with E-state index in [1.54, 1.807) is 24.5 Å². The third-order valence-corrected chi connectivity index (χ3v) is 6.18. The summed E-state index contributed by atoms with van der Waals surface area (Å²) in [6.07, 6.45) is 4.82. The topological polar surface area (TPSA) is 73.7 Å². The first-order valence-corrected chi connectivity index (χ1v) is 10.3. The highest BCUT2D eigenvalue weighted by Gasteiger charge is 2.35. The van der Waals surface area contributed by atoms with E-state index in [2.05, 4.69) is 4.98 Å². The van der Waals surface area contributed by atoms with Gasteiger partial charge in [0.15, 0.2) is 0 Å². The van der Waals surface area contributed by atoms with E-state index in [0.29, 0.717) is 44.6 Å². The van der Waals surface area contributed by atoms with Crippen LogP contribution in [-0.4, -0.2) is 64.0 Å². The van der Waals surface area contributed by atoms with E-state index < -0.39 is 6.10 Å². The minimum Gasteiger partial charge on any atom is -0.391 e. The van der Waals surface area contributed by atoms with E-state index >= 15 is 0 Å². The molecule has 3 heterocycles. The second-order valence-electron chi connectivity index (χ2n) is 7.96. The van der Waals surface area contributed by atoms with Crippen LogP contribution in [0.25, 0.3) is 0 Å². The van der Waals surface area contributed by atoms with Crippen LogP contribution in [0.2, 0.25) is 0 Å². The van der Waals surface area contributed by atoms with E-state index in [4.69, 9.17) is 0 Å². The summed E-state index contributed by atoms with van der Waals surface area (Å²) in [5.41, 5.74) is 1.77. The van der Waals surface area contributed by atoms with Crippen LogP contribution in [0.1, 0.15) is 41.1 Å². The molecule has 2 aromatic rings. The summed E-state index contributed by atoms with van der Waals surface area (Å²) >= 11 is 0. The molecular weight excluding hydrogens is 366 g/mol. The van der Waals surface area contributed by atoms with Gasteiger partial charge < -0.3 is 14.9 Å². The Kier molecular flexibility index (Phi) is 5.90. The smallest absolute Gasteiger partial charge is 0.253 e. The van der Waals surface area contributed by atoms with E-state index in [9.17, 15) is 14.7 Å². The average molecular weight is 393 g/mol. The molecule has 2 saturated heterocycles. The van der Waals surface area contributed by atoms with Crippen LogP contribution in [0.5, 0.6) is 0 Å². The number of β-amino-alcohol motifs (C(OH)–C–C–N with tert-alkyl or cyclic N) is 1. The molecule has 2 fully saturated rings. The van der Waals surface area contributed by atoms with Crippen molar-refractivity contribution in [3.8, 4) is 0 Å². The molecule has 4 rings (SSSR count). The number of amides is 2. The summed E-state index contributed by atoms with van der Waals surface area (Å²) in [7, 11) is 0. The lowest BCUT2D eigenvalue weighted by Crippen LogP contribution is -2.50. The van der Waals surface area contributed by atoms with Gasteiger partial charge in [-0.25, -0.2) is 0 Å². The number of piperidine rings is 2. The minimum atomic E-state index is -0.538. The number of likely N-dealkylation sites (tertiary alicyclic amines) is 2. The standard InChI is InChI=1S/C23H27N3O3/c27-21-16-26(15-10-20(21)17-4-2-1-3-5-17)23(29)19-8-13-25(14-9-19)22(28)18-6-11-24-12-7-18/h1-7,11-12,19-21,27H,8-10,13-16H2/t20-,21-/m1/s1. The molecular formula is C23H27N3O3. The van der Waals surface area contributed by atoms with Crippen LogP contribution in [-0.2, 0) is 4.79 Å². The van der Waals surface area contributed by atoms with Crippen molar-refractivity contribution in [3.05, 3.63) is 66.0 Å². The summed E-state index contributed by atoms with van der Waals surface area (Å²) < 4.78 is 0. The molecule has 0 radical (unpaired) electrons. The largest absolute Gasteiger partial charge is 0.391 e. The van der Waals surface area contributed by atoms with E-state index in [1.807, 2.05) is 40.1 Å². The highest BCUT2D eigenvalue weighted by atomic mass is 16.3. The van der Waals surface area contributed by atoms with Gasteiger partial charge in [0.25, 0.3) is 5.91 Å². The van der Waals surface area contributed by atoms with Crippen molar-refractivity contribution >= 4 is 11.8 Å². The predicted molar refractivity (Wildman–Crippen MR) is 109 cm³/mol. The molecule has 6 nitrogen and oxygen atoms in total. The van der Waals surface area contributed by atoms with Gasteiger partial charge in [-0.15, -0.1) is 0 Å². The summed E-state index contributed by atoms with van der Waals surface area (Å²) in [6, 6.07) is 13.5. The molecule has 2 aliphatic rings. The lowest BCUT2D eigenvalue weighted by Gasteiger charge is -2.39. The normalized spacial score (nSPS) is 23.1. The second kappa shape index (κ2) is 8.74. The zero-order chi connectivity index (χ0) is 20.2. The molecule has 1 N–H and O–H groups in total. The summed E-state index contributed by atoms with van der Waals surface area (Å²) in [5, 5.41) is 10.6. The molecule has 1 aromatic heterocycles. The third kappa shape index (κ3) is 4.32. The fourth-order valence-electron chi connectivity index (χ4n) is 4.49. The van der Waals surface area contributed by atoms with Gasteiger partial charge in [0.1, 0.15) is 0 Å². The van der Waals surface area contributed by atoms with E-state index in [1.165, 1.54) is 0 Å². The number of aliphatic hydroxyl groups excluding tert-OH is 1. The van der Waals surface area contributed by atoms with Gasteiger partial charge in [0.05, 0.1) is 6.10 Å². The van der Waals surface area contributed by atoms with Crippen molar-refractivity contribution in [2.75, 3.05) is 26.2 Å². The molecule has 0 spiro atoms. The number of benzene rings is 1. The Bertz CT molecular complexity index is 835. The maximum atomic E-state index is 13.0. The number of nitrogens with zero attached hydrogens (tertiary/aromatic N) is 3. The zero-order valence-corrected chi connectivity index (χ0v) is 16.5. The van der Waals surface area contributed by atoms with Gasteiger partial charge in [-0.05, 0) is 37.0 Å². The Hall–Kier alpha value is -2.73. The maximum absolute atomic E-state index is 13.0. The van der Waals surface area contributed by atoms with Crippen molar-refractivity contribution in [2.45, 2.75) is 31.3 Å². The Morgan fingerprint density at radius 1 is 0.897 bits per heavy atom. The van der Waals surface area contributed by atoms with Gasteiger partial charge in [-0.3, -0.25) is 14.6 Å². The van der Waals surface area contributed by atoms with Gasteiger partial charge in [0.2, 0.25) is 5.91 Å². The van der Waals surface area contributed by atoms with Crippen LogP contribution >= 0.6 is 0 Å². The number of pyridine rings is 1. The monoisotopic (exact) mass is 393 g/mol. The highest BCUT2D eigenvalue weighted by molar-refractivity contribution is 5.94. The first-order chi connectivity index (χ1) is 14.1. The molecule has 2 atom stereocenters. The SMILES string of the molecule is O=C(c1ccncc1)N1CCC(C(=O)N2CC[C@H](c3ccccc3)[C@H](O)C2)CC1. The number of carbonyl (C=O) groups excluding carboxylic acids is 2. The average Bonchev–Trinajstić information content (AvgIpc) is 2.79.